The number of nitrogens with one attached hydrogen (secondary N) is 2. The molecule has 2 N–H and O–H groups in total. The summed E-state index contributed by atoms with van der Waals surface area (Å²) in [5.74, 6) is -0.188. The third-order valence-electron chi connectivity index (χ3n) is 2.87. The fraction of sp³-hybridized carbons (Fsp3) is 0.273. The first-order valence-electron chi connectivity index (χ1n) is 4.84. The molecule has 14 heavy (non-hydrogen) atoms. The van der Waals surface area contributed by atoms with Crippen LogP contribution in [0.15, 0.2) is 24.4 Å². The molecule has 0 amide bonds. The second-order valence-corrected chi connectivity index (χ2v) is 3.73. The van der Waals surface area contributed by atoms with E-state index in [4.69, 9.17) is 0 Å². The van der Waals surface area contributed by atoms with Crippen LogP contribution >= 0.6 is 0 Å². The van der Waals surface area contributed by atoms with Crippen LogP contribution in [-0.2, 0) is 0 Å². The molecule has 1 aromatic carbocycles. The summed E-state index contributed by atoms with van der Waals surface area (Å²) in [7, 11) is 0. The molecule has 72 valence electrons. The van der Waals surface area contributed by atoms with Crippen LogP contribution in [0.5, 0.6) is 0 Å². The van der Waals surface area contributed by atoms with E-state index in [1.54, 1.807) is 0 Å². The lowest BCUT2D eigenvalue weighted by molar-refractivity contribution is 0.385. The van der Waals surface area contributed by atoms with Crippen LogP contribution in [0.1, 0.15) is 18.0 Å². The first-order chi connectivity index (χ1) is 6.84. The number of aromatic nitrogens is 1. The molecule has 0 unspecified atom stereocenters. The lowest BCUT2D eigenvalue weighted by Crippen LogP contribution is -2.34. The lowest BCUT2D eigenvalue weighted by atomic mass is 9.98. The Morgan fingerprint density at radius 2 is 2.21 bits per heavy atom. The van der Waals surface area contributed by atoms with Gasteiger partial charge in [0.1, 0.15) is 5.82 Å². The molecule has 1 atom stereocenters. The molecular formula is C11H11FN2. The maximum atomic E-state index is 12.9. The highest BCUT2D eigenvalue weighted by molar-refractivity contribution is 5.83. The summed E-state index contributed by atoms with van der Waals surface area (Å²) in [5.41, 5.74) is 2.14. The Morgan fingerprint density at radius 3 is 2.93 bits per heavy atom. The molecule has 2 aromatic rings. The molecule has 1 saturated heterocycles. The molecule has 2 nitrogen and oxygen atoms in total. The molecule has 1 aromatic heterocycles. The van der Waals surface area contributed by atoms with Crippen LogP contribution < -0.4 is 5.32 Å². The number of fused-ring (bicyclic) bond motifs is 1. The fourth-order valence-electron chi connectivity index (χ4n) is 1.96. The molecule has 1 fully saturated rings. The molecule has 1 aliphatic heterocycles. The summed E-state index contributed by atoms with van der Waals surface area (Å²) in [6.07, 6.45) is 3.14. The van der Waals surface area contributed by atoms with Gasteiger partial charge in [0, 0.05) is 23.1 Å². The van der Waals surface area contributed by atoms with Gasteiger partial charge in [0.25, 0.3) is 0 Å². The van der Waals surface area contributed by atoms with Crippen molar-refractivity contribution in [2.75, 3.05) is 6.54 Å². The number of rotatable bonds is 1. The maximum absolute atomic E-state index is 12.9. The maximum Gasteiger partial charge on any atom is 0.125 e. The molecule has 0 saturated carbocycles. The minimum absolute atomic E-state index is 0.188. The second kappa shape index (κ2) is 2.82. The van der Waals surface area contributed by atoms with Gasteiger partial charge in [-0.3, -0.25) is 0 Å². The lowest BCUT2D eigenvalue weighted by Gasteiger charge is -2.27. The second-order valence-electron chi connectivity index (χ2n) is 3.73. The van der Waals surface area contributed by atoms with E-state index in [9.17, 15) is 4.39 Å². The molecule has 0 bridgehead atoms. The van der Waals surface area contributed by atoms with Gasteiger partial charge < -0.3 is 10.3 Å². The van der Waals surface area contributed by atoms with E-state index >= 15 is 0 Å². The number of H-pyrrole nitrogens is 1. The predicted molar refractivity (Wildman–Crippen MR) is 53.6 cm³/mol. The molecule has 3 heteroatoms. The SMILES string of the molecule is Fc1ccc2c([C@@H]3CCN3)c[nH]c2c1. The van der Waals surface area contributed by atoms with E-state index in [2.05, 4.69) is 10.3 Å². The van der Waals surface area contributed by atoms with Crippen molar-refractivity contribution in [2.45, 2.75) is 12.5 Å². The monoisotopic (exact) mass is 190 g/mol. The van der Waals surface area contributed by atoms with Gasteiger partial charge in [-0.1, -0.05) is 0 Å². The van der Waals surface area contributed by atoms with Crippen molar-refractivity contribution in [1.82, 2.24) is 10.3 Å². The Hall–Kier alpha value is -1.35. The highest BCUT2D eigenvalue weighted by Crippen LogP contribution is 2.29. The van der Waals surface area contributed by atoms with Gasteiger partial charge in [-0.15, -0.1) is 0 Å². The fourth-order valence-corrected chi connectivity index (χ4v) is 1.96. The molecule has 0 radical (unpaired) electrons. The van der Waals surface area contributed by atoms with Gasteiger partial charge >= 0.3 is 0 Å². The Balaban J connectivity index is 2.16. The Bertz CT molecular complexity index is 471. The number of halogens is 1. The van der Waals surface area contributed by atoms with Gasteiger partial charge in [0.15, 0.2) is 0 Å². The molecular weight excluding hydrogens is 179 g/mol. The van der Waals surface area contributed by atoms with Crippen molar-refractivity contribution in [1.29, 1.82) is 0 Å². The van der Waals surface area contributed by atoms with Crippen LogP contribution in [0.25, 0.3) is 10.9 Å². The predicted octanol–water partition coefficient (Wildman–Crippen LogP) is 2.34. The molecule has 3 rings (SSSR count). The van der Waals surface area contributed by atoms with Crippen LogP contribution in [-0.4, -0.2) is 11.5 Å². The number of hydrogen-bond donors (Lipinski definition) is 2. The van der Waals surface area contributed by atoms with E-state index in [1.165, 1.54) is 24.1 Å². The Morgan fingerprint density at radius 1 is 1.36 bits per heavy atom. The molecule has 0 spiro atoms. The first kappa shape index (κ1) is 8.00. The normalized spacial score (nSPS) is 21.1. The zero-order chi connectivity index (χ0) is 9.54. The minimum atomic E-state index is -0.188. The summed E-state index contributed by atoms with van der Waals surface area (Å²) < 4.78 is 12.9. The third kappa shape index (κ3) is 1.06. The van der Waals surface area contributed by atoms with Crippen molar-refractivity contribution >= 4 is 10.9 Å². The number of aromatic amines is 1. The Labute approximate surface area is 81.1 Å². The van der Waals surface area contributed by atoms with E-state index in [1.807, 2.05) is 12.3 Å². The zero-order valence-corrected chi connectivity index (χ0v) is 7.68. The average molecular weight is 190 g/mol. The van der Waals surface area contributed by atoms with Crippen molar-refractivity contribution in [3.63, 3.8) is 0 Å². The van der Waals surface area contributed by atoms with Crippen LogP contribution in [0.3, 0.4) is 0 Å². The van der Waals surface area contributed by atoms with Crippen molar-refractivity contribution in [3.05, 3.63) is 35.8 Å². The van der Waals surface area contributed by atoms with Crippen LogP contribution in [0.4, 0.5) is 4.39 Å². The average Bonchev–Trinajstić information content (AvgIpc) is 2.45. The smallest absolute Gasteiger partial charge is 0.125 e. The standard InChI is InChI=1S/C11H11FN2/c12-7-1-2-8-9(10-3-4-13-10)6-14-11(8)5-7/h1-2,5-6,10,13-14H,3-4H2/t10-/m0/s1. The van der Waals surface area contributed by atoms with E-state index in [0.717, 1.165) is 17.4 Å². The summed E-state index contributed by atoms with van der Waals surface area (Å²) in [6, 6.07) is 5.35. The van der Waals surface area contributed by atoms with E-state index < -0.39 is 0 Å². The quantitative estimate of drug-likeness (QED) is 0.709. The van der Waals surface area contributed by atoms with Gasteiger partial charge in [-0.2, -0.15) is 0 Å². The van der Waals surface area contributed by atoms with E-state index in [0.29, 0.717) is 6.04 Å². The van der Waals surface area contributed by atoms with Gasteiger partial charge in [0.2, 0.25) is 0 Å². The van der Waals surface area contributed by atoms with Gasteiger partial charge in [-0.05, 0) is 36.7 Å². The van der Waals surface area contributed by atoms with Crippen LogP contribution in [0.2, 0.25) is 0 Å². The first-order valence-corrected chi connectivity index (χ1v) is 4.84. The molecule has 2 heterocycles. The van der Waals surface area contributed by atoms with Crippen LogP contribution in [0, 0.1) is 5.82 Å². The summed E-state index contributed by atoms with van der Waals surface area (Å²) in [5, 5.41) is 4.47. The summed E-state index contributed by atoms with van der Waals surface area (Å²) in [4.78, 5) is 3.10. The topological polar surface area (TPSA) is 27.8 Å². The number of benzene rings is 1. The highest BCUT2D eigenvalue weighted by atomic mass is 19.1. The summed E-state index contributed by atoms with van der Waals surface area (Å²) in [6.45, 7) is 1.08. The molecule has 0 aliphatic carbocycles. The Kier molecular flexibility index (Phi) is 1.61. The largest absolute Gasteiger partial charge is 0.361 e. The van der Waals surface area contributed by atoms with Crippen molar-refractivity contribution in [2.24, 2.45) is 0 Å². The highest BCUT2D eigenvalue weighted by Gasteiger charge is 2.21. The van der Waals surface area contributed by atoms with Gasteiger partial charge in [-0.25, -0.2) is 4.39 Å². The third-order valence-corrected chi connectivity index (χ3v) is 2.87. The van der Waals surface area contributed by atoms with Gasteiger partial charge in [0.05, 0.1) is 0 Å². The summed E-state index contributed by atoms with van der Waals surface area (Å²) >= 11 is 0. The minimum Gasteiger partial charge on any atom is -0.361 e. The van der Waals surface area contributed by atoms with E-state index in [-0.39, 0.29) is 5.82 Å². The zero-order valence-electron chi connectivity index (χ0n) is 7.68. The number of hydrogen-bond acceptors (Lipinski definition) is 1. The molecule has 1 aliphatic rings. The van der Waals surface area contributed by atoms with Crippen molar-refractivity contribution in [3.8, 4) is 0 Å². The van der Waals surface area contributed by atoms with Crippen molar-refractivity contribution < 1.29 is 4.39 Å².